The van der Waals surface area contributed by atoms with E-state index in [9.17, 15) is 19.2 Å². The van der Waals surface area contributed by atoms with Gasteiger partial charge in [-0.15, -0.1) is 0 Å². The number of benzene rings is 2. The lowest BCUT2D eigenvalue weighted by Crippen LogP contribution is -2.42. The number of amides is 4. The maximum atomic E-state index is 13.0. The number of nitrogens with two attached hydrogens (primary N) is 2. The molecule has 2 aliphatic heterocycles. The fraction of sp³-hybridized carbons (Fsp3) is 0.490. The Kier molecular flexibility index (Phi) is 18.7. The Morgan fingerprint density at radius 1 is 0.618 bits per heavy atom. The van der Waals surface area contributed by atoms with E-state index in [-0.39, 0.29) is 36.8 Å². The van der Waals surface area contributed by atoms with Gasteiger partial charge in [-0.25, -0.2) is 0 Å². The maximum Gasteiger partial charge on any atom is 0.231 e. The second kappa shape index (κ2) is 24.2. The van der Waals surface area contributed by atoms with E-state index >= 15 is 0 Å². The third-order valence-electron chi connectivity index (χ3n) is 13.9. The zero-order valence-electron chi connectivity index (χ0n) is 38.4. The van der Waals surface area contributed by atoms with Crippen molar-refractivity contribution in [2.75, 3.05) is 45.8 Å². The molecule has 0 saturated carbocycles. The van der Waals surface area contributed by atoms with Gasteiger partial charge in [0.15, 0.2) is 0 Å². The third-order valence-corrected chi connectivity index (χ3v) is 15.9. The standard InChI is InChI=1S/C27H32BrCl2N5O3.C24H27BrCl2N2O/c28-19-10-18-4-3-17-11-20(29)12-21(30)25(17)26(27(18)33-13-19)16-5-8-35(9-6-16)24(38)2-1-7-34(14-22(31)36)15-23(32)37;1-2-3-4-21(30)29-9-7-15(8-10-29)23-22-16(12-19(26)13-20(22)27)5-6-17-11-18(25)14-28-24(17)23/h10-13,16,26H,1-9,14-15H2,(H2,31,36)(H2,32,37);11-15,23H,2-10H2,1H3. The maximum absolute atomic E-state index is 13.0. The summed E-state index contributed by atoms with van der Waals surface area (Å²) in [5.74, 6) is 0.152. The van der Waals surface area contributed by atoms with Crippen molar-refractivity contribution >= 4 is 102 Å². The van der Waals surface area contributed by atoms with Gasteiger partial charge in [0, 0.05) is 92.3 Å². The number of aromatic nitrogens is 2. The molecule has 11 nitrogen and oxygen atoms in total. The molecular formula is C51H59Br2Cl4N7O4. The number of halogens is 6. The van der Waals surface area contributed by atoms with Crippen molar-refractivity contribution in [3.8, 4) is 0 Å². The summed E-state index contributed by atoms with van der Waals surface area (Å²) in [5, 5.41) is 2.73. The lowest BCUT2D eigenvalue weighted by atomic mass is 9.76. The molecule has 8 rings (SSSR count). The Bertz CT molecular complexity index is 2480. The molecule has 2 saturated heterocycles. The minimum Gasteiger partial charge on any atom is -0.369 e. The number of hydrogen-bond donors (Lipinski definition) is 2. The van der Waals surface area contributed by atoms with Gasteiger partial charge in [0.1, 0.15) is 0 Å². The first-order valence-electron chi connectivity index (χ1n) is 23.7. The highest BCUT2D eigenvalue weighted by atomic mass is 79.9. The van der Waals surface area contributed by atoms with Crippen molar-refractivity contribution in [2.45, 2.75) is 102 Å². The molecule has 364 valence electrons. The molecule has 4 N–H and O–H groups in total. The fourth-order valence-corrected chi connectivity index (χ4v) is 12.8. The average molecular weight is 1140 g/mol. The van der Waals surface area contributed by atoms with Crippen LogP contribution in [0, 0.1) is 11.8 Å². The van der Waals surface area contributed by atoms with E-state index < -0.39 is 11.8 Å². The number of carbonyl (C=O) groups excluding carboxylic acids is 4. The number of nitrogens with zero attached hydrogens (tertiary/aromatic N) is 5. The van der Waals surface area contributed by atoms with Gasteiger partial charge in [-0.05, 0) is 184 Å². The first kappa shape index (κ1) is 52.5. The number of fused-ring (bicyclic) bond motifs is 4. The first-order chi connectivity index (χ1) is 32.6. The van der Waals surface area contributed by atoms with Gasteiger partial charge in [-0.2, -0.15) is 0 Å². The number of likely N-dealkylation sites (tertiary alicyclic amines) is 2. The van der Waals surface area contributed by atoms with E-state index in [4.69, 9.17) is 67.8 Å². The highest BCUT2D eigenvalue weighted by Crippen LogP contribution is 2.48. The van der Waals surface area contributed by atoms with E-state index in [1.165, 1.54) is 22.3 Å². The predicted octanol–water partition coefficient (Wildman–Crippen LogP) is 10.5. The van der Waals surface area contributed by atoms with E-state index in [0.29, 0.717) is 65.8 Å². The number of hydrogen-bond acceptors (Lipinski definition) is 7. The topological polar surface area (TPSA) is 156 Å². The average Bonchev–Trinajstić information content (AvgIpc) is 3.56. The summed E-state index contributed by atoms with van der Waals surface area (Å²) in [7, 11) is 0. The molecule has 0 radical (unpaired) electrons. The quantitative estimate of drug-likeness (QED) is 0.135. The number of primary amides is 2. The Morgan fingerprint density at radius 3 is 1.41 bits per heavy atom. The van der Waals surface area contributed by atoms with Crippen molar-refractivity contribution in [1.29, 1.82) is 0 Å². The van der Waals surface area contributed by atoms with Gasteiger partial charge in [-0.3, -0.25) is 34.0 Å². The molecule has 68 heavy (non-hydrogen) atoms. The van der Waals surface area contributed by atoms with Gasteiger partial charge in [0.25, 0.3) is 0 Å². The van der Waals surface area contributed by atoms with Crippen LogP contribution < -0.4 is 11.5 Å². The lowest BCUT2D eigenvalue weighted by Gasteiger charge is -2.37. The molecule has 2 unspecified atom stereocenters. The molecule has 0 bridgehead atoms. The van der Waals surface area contributed by atoms with Gasteiger partial charge in [-0.1, -0.05) is 59.7 Å². The molecule has 4 aromatic rings. The van der Waals surface area contributed by atoms with Crippen LogP contribution in [0.5, 0.6) is 0 Å². The number of carbonyl (C=O) groups is 4. The number of aryl methyl sites for hydroxylation is 4. The molecule has 4 amide bonds. The summed E-state index contributed by atoms with van der Waals surface area (Å²) >= 11 is 33.5. The van der Waals surface area contributed by atoms with Crippen molar-refractivity contribution in [2.24, 2.45) is 23.3 Å². The van der Waals surface area contributed by atoms with Crippen molar-refractivity contribution < 1.29 is 19.2 Å². The van der Waals surface area contributed by atoms with Gasteiger partial charge in [0.2, 0.25) is 23.6 Å². The van der Waals surface area contributed by atoms with Gasteiger partial charge >= 0.3 is 0 Å². The smallest absolute Gasteiger partial charge is 0.231 e. The molecule has 4 aliphatic rings. The van der Waals surface area contributed by atoms with Crippen LogP contribution in [-0.4, -0.2) is 94.1 Å². The van der Waals surface area contributed by atoms with E-state index in [1.54, 1.807) is 4.90 Å². The molecular weight excluding hydrogens is 1080 g/mol. The molecule has 17 heteroatoms. The molecule has 2 aromatic heterocycles. The highest BCUT2D eigenvalue weighted by molar-refractivity contribution is 9.10. The zero-order chi connectivity index (χ0) is 48.6. The monoisotopic (exact) mass is 1130 g/mol. The molecule has 4 heterocycles. The SMILES string of the molecule is CCCCC(=O)N1CCC(C2c3ncc(Br)cc3CCc3cc(Cl)cc(Cl)c32)CC1.NC(=O)CN(CCCC(=O)N1CCC(C2c3ncc(Br)cc3CCc3cc(Cl)cc(Cl)c32)CC1)CC(N)=O. The number of pyridine rings is 2. The zero-order valence-corrected chi connectivity index (χ0v) is 44.6. The molecule has 2 aliphatic carbocycles. The third kappa shape index (κ3) is 13.2. The number of unbranched alkanes of at least 4 members (excludes halogenated alkanes) is 1. The van der Waals surface area contributed by atoms with Gasteiger partial charge in [0.05, 0.1) is 24.5 Å². The second-order valence-electron chi connectivity index (χ2n) is 18.6. The largest absolute Gasteiger partial charge is 0.369 e. The number of piperidine rings is 2. The molecule has 2 fully saturated rings. The van der Waals surface area contributed by atoms with Crippen LogP contribution in [0.4, 0.5) is 0 Å². The Balaban J connectivity index is 0.000000207. The number of rotatable bonds is 13. The normalized spacial score (nSPS) is 18.3. The highest BCUT2D eigenvalue weighted by Gasteiger charge is 2.38. The van der Waals surface area contributed by atoms with Crippen molar-refractivity contribution in [1.82, 2.24) is 24.7 Å². The van der Waals surface area contributed by atoms with Crippen LogP contribution in [0.1, 0.15) is 121 Å². The summed E-state index contributed by atoms with van der Waals surface area (Å²) in [6.07, 6.45) is 14.4. The van der Waals surface area contributed by atoms with Crippen LogP contribution in [0.3, 0.4) is 0 Å². The summed E-state index contributed by atoms with van der Waals surface area (Å²) in [4.78, 5) is 63.2. The summed E-state index contributed by atoms with van der Waals surface area (Å²) < 4.78 is 1.96. The lowest BCUT2D eigenvalue weighted by molar-refractivity contribution is -0.133. The fourth-order valence-electron chi connectivity index (χ4n) is 10.8. The van der Waals surface area contributed by atoms with Gasteiger partial charge < -0.3 is 21.3 Å². The Labute approximate surface area is 436 Å². The minimum absolute atomic E-state index is 0.0359. The first-order valence-corrected chi connectivity index (χ1v) is 26.8. The summed E-state index contributed by atoms with van der Waals surface area (Å²) in [6.45, 7) is 5.33. The van der Waals surface area contributed by atoms with Crippen LogP contribution in [0.25, 0.3) is 0 Å². The molecule has 2 atom stereocenters. The predicted molar refractivity (Wildman–Crippen MR) is 277 cm³/mol. The Hall–Kier alpha value is -3.30. The second-order valence-corrected chi connectivity index (χ2v) is 22.1. The van der Waals surface area contributed by atoms with E-state index in [2.05, 4.69) is 57.0 Å². The molecule has 2 aromatic carbocycles. The van der Waals surface area contributed by atoms with Crippen LogP contribution >= 0.6 is 78.3 Å². The van der Waals surface area contributed by atoms with Crippen LogP contribution in [0.15, 0.2) is 57.7 Å². The molecule has 0 spiro atoms. The van der Waals surface area contributed by atoms with Crippen LogP contribution in [-0.2, 0) is 44.9 Å². The van der Waals surface area contributed by atoms with Crippen molar-refractivity contribution in [3.05, 3.63) is 123 Å². The summed E-state index contributed by atoms with van der Waals surface area (Å²) in [5.41, 5.74) is 19.9. The van der Waals surface area contributed by atoms with Crippen molar-refractivity contribution in [3.63, 3.8) is 0 Å². The van der Waals surface area contributed by atoms with E-state index in [1.807, 2.05) is 40.4 Å². The Morgan fingerprint density at radius 2 is 1.01 bits per heavy atom. The summed E-state index contributed by atoms with van der Waals surface area (Å²) in [6, 6.07) is 12.1. The minimum atomic E-state index is -0.537. The van der Waals surface area contributed by atoms with Crippen LogP contribution in [0.2, 0.25) is 20.1 Å². The van der Waals surface area contributed by atoms with E-state index in [0.717, 1.165) is 114 Å².